The van der Waals surface area contributed by atoms with E-state index in [1.165, 1.54) is 4.31 Å². The summed E-state index contributed by atoms with van der Waals surface area (Å²) in [7, 11) is -1.60. The first-order chi connectivity index (χ1) is 9.09. The lowest BCUT2D eigenvalue weighted by atomic mass is 10.2. The number of benzene rings is 1. The zero-order valence-corrected chi connectivity index (χ0v) is 11.4. The zero-order valence-electron chi connectivity index (χ0n) is 10.6. The molecule has 19 heavy (non-hydrogen) atoms. The fraction of sp³-hybridized carbons (Fsp3) is 0.417. The number of rotatable bonds is 2. The summed E-state index contributed by atoms with van der Waals surface area (Å²) in [6, 6.07) is 5.09. The summed E-state index contributed by atoms with van der Waals surface area (Å²) < 4.78 is 33.3. The fourth-order valence-corrected chi connectivity index (χ4v) is 3.68. The van der Waals surface area contributed by atoms with E-state index >= 15 is 0 Å². The molecule has 0 amide bonds. The molecule has 0 aliphatic carbocycles. The molecule has 6 nitrogen and oxygen atoms in total. The largest absolute Gasteiger partial charge is 0.379 e. The molecule has 1 aliphatic rings. The van der Waals surface area contributed by atoms with Crippen LogP contribution in [0.3, 0.4) is 0 Å². The van der Waals surface area contributed by atoms with Crippen molar-refractivity contribution in [2.24, 2.45) is 7.05 Å². The van der Waals surface area contributed by atoms with Crippen molar-refractivity contribution in [1.29, 1.82) is 0 Å². The van der Waals surface area contributed by atoms with Gasteiger partial charge in [-0.2, -0.15) is 9.40 Å². The van der Waals surface area contributed by atoms with E-state index in [1.54, 1.807) is 29.1 Å². The highest BCUT2D eigenvalue weighted by Gasteiger charge is 2.26. The summed E-state index contributed by atoms with van der Waals surface area (Å²) >= 11 is 0. The number of morpholine rings is 1. The lowest BCUT2D eigenvalue weighted by molar-refractivity contribution is 0.0730. The quantitative estimate of drug-likeness (QED) is 0.808. The summed E-state index contributed by atoms with van der Waals surface area (Å²) in [5.74, 6) is 0. The Morgan fingerprint density at radius 3 is 2.74 bits per heavy atom. The minimum Gasteiger partial charge on any atom is -0.379 e. The van der Waals surface area contributed by atoms with E-state index in [4.69, 9.17) is 4.74 Å². The third-order valence-corrected chi connectivity index (χ3v) is 5.22. The van der Waals surface area contributed by atoms with Crippen LogP contribution in [0.15, 0.2) is 29.3 Å². The van der Waals surface area contributed by atoms with Crippen LogP contribution in [0.5, 0.6) is 0 Å². The summed E-state index contributed by atoms with van der Waals surface area (Å²) in [5.41, 5.74) is 0.918. The molecular weight excluding hydrogens is 266 g/mol. The first kappa shape index (κ1) is 12.6. The average Bonchev–Trinajstić information content (AvgIpc) is 2.81. The third-order valence-electron chi connectivity index (χ3n) is 3.33. The normalized spacial score (nSPS) is 17.9. The molecule has 102 valence electrons. The topological polar surface area (TPSA) is 64.4 Å². The molecule has 0 spiro atoms. The Labute approximate surface area is 111 Å². The monoisotopic (exact) mass is 281 g/mol. The maximum atomic E-state index is 12.5. The predicted molar refractivity (Wildman–Crippen MR) is 70.3 cm³/mol. The van der Waals surface area contributed by atoms with Crippen LogP contribution in [-0.2, 0) is 21.8 Å². The number of nitrogens with zero attached hydrogens (tertiary/aromatic N) is 3. The summed E-state index contributed by atoms with van der Waals surface area (Å²) in [5, 5.41) is 4.95. The lowest BCUT2D eigenvalue weighted by Crippen LogP contribution is -2.40. The highest BCUT2D eigenvalue weighted by atomic mass is 32.2. The van der Waals surface area contributed by atoms with E-state index in [-0.39, 0.29) is 0 Å². The van der Waals surface area contributed by atoms with Crippen LogP contribution in [0.4, 0.5) is 0 Å². The van der Waals surface area contributed by atoms with E-state index in [0.29, 0.717) is 31.2 Å². The number of aryl methyl sites for hydroxylation is 1. The summed E-state index contributed by atoms with van der Waals surface area (Å²) in [6.07, 6.45) is 1.67. The van der Waals surface area contributed by atoms with Crippen molar-refractivity contribution < 1.29 is 13.2 Å². The van der Waals surface area contributed by atoms with Crippen molar-refractivity contribution >= 4 is 20.9 Å². The van der Waals surface area contributed by atoms with Crippen molar-refractivity contribution in [2.45, 2.75) is 4.90 Å². The number of ether oxygens (including phenoxy) is 1. The molecule has 0 radical (unpaired) electrons. The molecule has 2 aromatic rings. The molecule has 1 aliphatic heterocycles. The number of hydrogen-bond donors (Lipinski definition) is 0. The first-order valence-corrected chi connectivity index (χ1v) is 7.53. The van der Waals surface area contributed by atoms with E-state index in [2.05, 4.69) is 5.10 Å². The van der Waals surface area contributed by atoms with Crippen molar-refractivity contribution in [3.05, 3.63) is 24.4 Å². The van der Waals surface area contributed by atoms with Gasteiger partial charge >= 0.3 is 0 Å². The van der Waals surface area contributed by atoms with E-state index in [9.17, 15) is 8.42 Å². The molecule has 1 fully saturated rings. The maximum absolute atomic E-state index is 12.5. The zero-order chi connectivity index (χ0) is 13.5. The van der Waals surface area contributed by atoms with Gasteiger partial charge in [0, 0.05) is 25.5 Å². The Morgan fingerprint density at radius 1 is 1.26 bits per heavy atom. The molecule has 1 saturated heterocycles. The van der Waals surface area contributed by atoms with Gasteiger partial charge in [-0.15, -0.1) is 0 Å². The van der Waals surface area contributed by atoms with Gasteiger partial charge in [-0.1, -0.05) is 0 Å². The Morgan fingerprint density at radius 2 is 2.00 bits per heavy atom. The summed E-state index contributed by atoms with van der Waals surface area (Å²) in [6.45, 7) is 1.73. The van der Waals surface area contributed by atoms with Crippen LogP contribution < -0.4 is 0 Å². The lowest BCUT2D eigenvalue weighted by Gasteiger charge is -2.26. The van der Waals surface area contributed by atoms with Crippen molar-refractivity contribution in [1.82, 2.24) is 14.1 Å². The number of sulfonamides is 1. The van der Waals surface area contributed by atoms with Gasteiger partial charge < -0.3 is 4.74 Å². The Kier molecular flexibility index (Phi) is 3.04. The Bertz CT molecular complexity index is 702. The first-order valence-electron chi connectivity index (χ1n) is 6.09. The van der Waals surface area contributed by atoms with E-state index in [0.717, 1.165) is 10.9 Å². The molecular formula is C12H15N3O3S. The standard InChI is InChI=1S/C12H15N3O3S/c1-14-12-3-2-11(8-10(12)9-13-14)19(16,17)15-4-6-18-7-5-15/h2-3,8-9H,4-7H2,1H3. The van der Waals surface area contributed by atoms with Gasteiger partial charge in [0.1, 0.15) is 0 Å². The molecule has 1 aromatic carbocycles. The molecule has 0 unspecified atom stereocenters. The van der Waals surface area contributed by atoms with Gasteiger partial charge in [0.25, 0.3) is 0 Å². The van der Waals surface area contributed by atoms with Crippen LogP contribution in [0, 0.1) is 0 Å². The van der Waals surface area contributed by atoms with Gasteiger partial charge in [-0.25, -0.2) is 8.42 Å². The van der Waals surface area contributed by atoms with Crippen molar-refractivity contribution in [2.75, 3.05) is 26.3 Å². The molecule has 2 heterocycles. The second-order valence-electron chi connectivity index (χ2n) is 4.51. The smallest absolute Gasteiger partial charge is 0.243 e. The third kappa shape index (κ3) is 2.13. The molecule has 0 atom stereocenters. The molecule has 3 rings (SSSR count). The highest BCUT2D eigenvalue weighted by Crippen LogP contribution is 2.22. The molecule has 1 aromatic heterocycles. The van der Waals surface area contributed by atoms with Crippen LogP contribution in [0.2, 0.25) is 0 Å². The Hall–Kier alpha value is -1.44. The van der Waals surface area contributed by atoms with Gasteiger partial charge in [0.05, 0.1) is 29.8 Å². The summed E-state index contributed by atoms with van der Waals surface area (Å²) in [4.78, 5) is 0.315. The van der Waals surface area contributed by atoms with Gasteiger partial charge in [-0.05, 0) is 18.2 Å². The molecule has 0 N–H and O–H groups in total. The molecule has 0 bridgehead atoms. The average molecular weight is 281 g/mol. The van der Waals surface area contributed by atoms with Crippen molar-refractivity contribution in [3.8, 4) is 0 Å². The predicted octanol–water partition coefficient (Wildman–Crippen LogP) is 0.594. The van der Waals surface area contributed by atoms with Crippen LogP contribution in [0.1, 0.15) is 0 Å². The van der Waals surface area contributed by atoms with Gasteiger partial charge in [0.15, 0.2) is 0 Å². The van der Waals surface area contributed by atoms with Crippen LogP contribution in [0.25, 0.3) is 10.9 Å². The van der Waals surface area contributed by atoms with E-state index in [1.807, 2.05) is 7.05 Å². The van der Waals surface area contributed by atoms with Crippen molar-refractivity contribution in [3.63, 3.8) is 0 Å². The van der Waals surface area contributed by atoms with Crippen LogP contribution in [-0.4, -0.2) is 48.8 Å². The SMILES string of the molecule is Cn1ncc2cc(S(=O)(=O)N3CCOCC3)ccc21. The minimum absolute atomic E-state index is 0.315. The van der Waals surface area contributed by atoms with Gasteiger partial charge in [-0.3, -0.25) is 4.68 Å². The second kappa shape index (κ2) is 4.59. The second-order valence-corrected chi connectivity index (χ2v) is 6.44. The highest BCUT2D eigenvalue weighted by molar-refractivity contribution is 7.89. The molecule has 7 heteroatoms. The Balaban J connectivity index is 2.02. The van der Waals surface area contributed by atoms with E-state index < -0.39 is 10.0 Å². The number of aromatic nitrogens is 2. The number of fused-ring (bicyclic) bond motifs is 1. The fourth-order valence-electron chi connectivity index (χ4n) is 2.24. The van der Waals surface area contributed by atoms with Crippen LogP contribution >= 0.6 is 0 Å². The maximum Gasteiger partial charge on any atom is 0.243 e. The number of hydrogen-bond acceptors (Lipinski definition) is 4. The molecule has 0 saturated carbocycles. The minimum atomic E-state index is -3.43. The van der Waals surface area contributed by atoms with Gasteiger partial charge in [0.2, 0.25) is 10.0 Å².